The zero-order valence-corrected chi connectivity index (χ0v) is 7.51. The summed E-state index contributed by atoms with van der Waals surface area (Å²) in [6.45, 7) is 0.212. The van der Waals surface area contributed by atoms with Crippen molar-refractivity contribution in [3.63, 3.8) is 0 Å². The Kier molecular flexibility index (Phi) is 3.28. The first-order chi connectivity index (χ1) is 6.79. The van der Waals surface area contributed by atoms with E-state index in [0.717, 1.165) is 0 Å². The number of rotatable bonds is 3. The van der Waals surface area contributed by atoms with Crippen molar-refractivity contribution in [2.75, 3.05) is 23.7 Å². The van der Waals surface area contributed by atoms with Crippen molar-refractivity contribution >= 4 is 11.5 Å². The van der Waals surface area contributed by atoms with Gasteiger partial charge in [-0.3, -0.25) is 0 Å². The van der Waals surface area contributed by atoms with Crippen LogP contribution in [0.25, 0.3) is 0 Å². The van der Waals surface area contributed by atoms with E-state index in [-0.39, 0.29) is 13.1 Å². The van der Waals surface area contributed by atoms with Crippen LogP contribution in [0.4, 0.5) is 11.5 Å². The molecule has 1 heterocycles. The summed E-state index contributed by atoms with van der Waals surface area (Å²) in [6.07, 6.45) is 1.58. The number of nitriles is 2. The van der Waals surface area contributed by atoms with Gasteiger partial charge in [0.2, 0.25) is 0 Å². The zero-order valence-electron chi connectivity index (χ0n) is 7.51. The van der Waals surface area contributed by atoms with Gasteiger partial charge in [-0.15, -0.1) is 0 Å². The molecule has 0 saturated heterocycles. The molecule has 1 aromatic heterocycles. The Labute approximate surface area is 82.0 Å². The monoisotopic (exact) mass is 187 g/mol. The smallest absolute Gasteiger partial charge is 0.153 e. The third-order valence-corrected chi connectivity index (χ3v) is 1.64. The van der Waals surface area contributed by atoms with Gasteiger partial charge in [-0.05, 0) is 12.1 Å². The second kappa shape index (κ2) is 4.68. The van der Waals surface area contributed by atoms with Crippen LogP contribution in [-0.4, -0.2) is 18.1 Å². The maximum Gasteiger partial charge on any atom is 0.153 e. The van der Waals surface area contributed by atoms with E-state index in [0.29, 0.717) is 11.5 Å². The van der Waals surface area contributed by atoms with Gasteiger partial charge in [0.15, 0.2) is 5.82 Å². The maximum absolute atomic E-state index is 8.55. The highest BCUT2D eigenvalue weighted by molar-refractivity contribution is 5.62. The summed E-state index contributed by atoms with van der Waals surface area (Å²) in [5.74, 6) is 0.482. The number of aromatic nitrogens is 1. The fourth-order valence-electron chi connectivity index (χ4n) is 1.05. The molecule has 0 saturated carbocycles. The number of nitrogen functional groups attached to an aromatic ring is 1. The van der Waals surface area contributed by atoms with Crippen molar-refractivity contribution in [3.05, 3.63) is 18.3 Å². The second-order valence-corrected chi connectivity index (χ2v) is 2.59. The minimum Gasteiger partial charge on any atom is -0.396 e. The number of nitrogens with two attached hydrogens (primary N) is 1. The largest absolute Gasteiger partial charge is 0.396 e. The quantitative estimate of drug-likeness (QED) is 0.696. The standard InChI is InChI=1S/C9H9N5/c10-3-6-14(7-4-11)9-8(12)2-1-5-13-9/h1-2,5H,6-7,12H2. The second-order valence-electron chi connectivity index (χ2n) is 2.59. The van der Waals surface area contributed by atoms with Gasteiger partial charge in [-0.1, -0.05) is 0 Å². The molecule has 5 heteroatoms. The summed E-state index contributed by atoms with van der Waals surface area (Å²) in [6, 6.07) is 7.30. The van der Waals surface area contributed by atoms with Crippen LogP contribution >= 0.6 is 0 Å². The highest BCUT2D eigenvalue weighted by atomic mass is 15.2. The van der Waals surface area contributed by atoms with E-state index >= 15 is 0 Å². The third kappa shape index (κ3) is 2.11. The van der Waals surface area contributed by atoms with Gasteiger partial charge in [-0.2, -0.15) is 10.5 Å². The van der Waals surface area contributed by atoms with Crippen molar-refractivity contribution < 1.29 is 0 Å². The van der Waals surface area contributed by atoms with E-state index < -0.39 is 0 Å². The predicted molar refractivity (Wildman–Crippen MR) is 52.1 cm³/mol. The molecule has 1 aromatic rings. The van der Waals surface area contributed by atoms with E-state index in [4.69, 9.17) is 16.3 Å². The van der Waals surface area contributed by atoms with Crippen molar-refractivity contribution in [3.8, 4) is 12.1 Å². The lowest BCUT2D eigenvalue weighted by atomic mass is 10.3. The van der Waals surface area contributed by atoms with Crippen LogP contribution in [0.5, 0.6) is 0 Å². The highest BCUT2D eigenvalue weighted by Gasteiger charge is 2.09. The molecule has 0 aromatic carbocycles. The summed E-state index contributed by atoms with van der Waals surface area (Å²) >= 11 is 0. The molecule has 0 radical (unpaired) electrons. The zero-order chi connectivity index (χ0) is 10.4. The van der Waals surface area contributed by atoms with E-state index in [1.165, 1.54) is 4.90 Å². The lowest BCUT2D eigenvalue weighted by molar-refractivity contribution is 0.938. The van der Waals surface area contributed by atoms with Crippen molar-refractivity contribution in [2.24, 2.45) is 0 Å². The molecule has 0 aliphatic heterocycles. The number of hydrogen-bond donors (Lipinski definition) is 1. The Morgan fingerprint density at radius 1 is 1.36 bits per heavy atom. The average molecular weight is 187 g/mol. The molecule has 0 bridgehead atoms. The predicted octanol–water partition coefficient (Wildman–Crippen LogP) is 0.517. The van der Waals surface area contributed by atoms with Crippen LogP contribution in [0, 0.1) is 22.7 Å². The maximum atomic E-state index is 8.55. The summed E-state index contributed by atoms with van der Waals surface area (Å²) in [5.41, 5.74) is 6.13. The molecule has 0 atom stereocenters. The van der Waals surface area contributed by atoms with Crippen LogP contribution in [0.3, 0.4) is 0 Å². The minimum atomic E-state index is 0.106. The van der Waals surface area contributed by atoms with Crippen LogP contribution in [0.15, 0.2) is 18.3 Å². The average Bonchev–Trinajstić information content (AvgIpc) is 2.18. The molecule has 1 rings (SSSR count). The third-order valence-electron chi connectivity index (χ3n) is 1.64. The molecule has 5 nitrogen and oxygen atoms in total. The number of anilines is 2. The summed E-state index contributed by atoms with van der Waals surface area (Å²) < 4.78 is 0. The van der Waals surface area contributed by atoms with Gasteiger partial charge in [0.25, 0.3) is 0 Å². The Hall–Kier alpha value is -2.27. The molecule has 0 amide bonds. The van der Waals surface area contributed by atoms with Crippen molar-refractivity contribution in [1.82, 2.24) is 4.98 Å². The number of hydrogen-bond acceptors (Lipinski definition) is 5. The van der Waals surface area contributed by atoms with Crippen LogP contribution < -0.4 is 10.6 Å². The van der Waals surface area contributed by atoms with E-state index in [1.54, 1.807) is 18.3 Å². The van der Waals surface area contributed by atoms with Gasteiger partial charge in [0.1, 0.15) is 13.1 Å². The van der Waals surface area contributed by atoms with Crippen LogP contribution in [-0.2, 0) is 0 Å². The topological polar surface area (TPSA) is 89.7 Å². The molecule has 0 unspecified atom stereocenters. The summed E-state index contributed by atoms with van der Waals surface area (Å²) in [7, 11) is 0. The van der Waals surface area contributed by atoms with Crippen molar-refractivity contribution in [2.45, 2.75) is 0 Å². The minimum absolute atomic E-state index is 0.106. The lowest BCUT2D eigenvalue weighted by Gasteiger charge is -2.17. The molecule has 0 spiro atoms. The van der Waals surface area contributed by atoms with E-state index in [2.05, 4.69) is 4.98 Å². The Morgan fingerprint density at radius 2 is 2.00 bits per heavy atom. The Morgan fingerprint density at radius 3 is 2.50 bits per heavy atom. The summed E-state index contributed by atoms with van der Waals surface area (Å²) in [5, 5.41) is 17.1. The fraction of sp³-hybridized carbons (Fsp3) is 0.222. The van der Waals surface area contributed by atoms with Crippen LogP contribution in [0.1, 0.15) is 0 Å². The molecular weight excluding hydrogens is 178 g/mol. The van der Waals surface area contributed by atoms with Gasteiger partial charge in [0.05, 0.1) is 17.8 Å². The molecular formula is C9H9N5. The highest BCUT2D eigenvalue weighted by Crippen LogP contribution is 2.17. The molecule has 70 valence electrons. The molecule has 0 aliphatic carbocycles. The summed E-state index contributed by atoms with van der Waals surface area (Å²) in [4.78, 5) is 5.54. The molecule has 0 aliphatic rings. The molecule has 0 fully saturated rings. The normalized spacial score (nSPS) is 8.71. The Balaban J connectivity index is 2.95. The van der Waals surface area contributed by atoms with E-state index in [9.17, 15) is 0 Å². The number of nitrogens with zero attached hydrogens (tertiary/aromatic N) is 4. The Bertz CT molecular complexity index is 371. The van der Waals surface area contributed by atoms with E-state index in [1.807, 2.05) is 12.1 Å². The molecule has 14 heavy (non-hydrogen) atoms. The number of pyridine rings is 1. The van der Waals surface area contributed by atoms with Gasteiger partial charge >= 0.3 is 0 Å². The van der Waals surface area contributed by atoms with Gasteiger partial charge in [-0.25, -0.2) is 4.98 Å². The van der Waals surface area contributed by atoms with Gasteiger partial charge in [0, 0.05) is 6.20 Å². The first kappa shape index (κ1) is 9.82. The van der Waals surface area contributed by atoms with Gasteiger partial charge < -0.3 is 10.6 Å². The van der Waals surface area contributed by atoms with Crippen LogP contribution in [0.2, 0.25) is 0 Å². The fourth-order valence-corrected chi connectivity index (χ4v) is 1.05. The lowest BCUT2D eigenvalue weighted by Crippen LogP contribution is -2.25. The first-order valence-electron chi connectivity index (χ1n) is 3.99. The van der Waals surface area contributed by atoms with Crippen molar-refractivity contribution in [1.29, 1.82) is 10.5 Å². The molecule has 2 N–H and O–H groups in total. The first-order valence-corrected chi connectivity index (χ1v) is 3.99. The SMILES string of the molecule is N#CCN(CC#N)c1ncccc1N.